The van der Waals surface area contributed by atoms with Crippen molar-refractivity contribution in [3.63, 3.8) is 0 Å². The zero-order valence-electron chi connectivity index (χ0n) is 14.4. The highest BCUT2D eigenvalue weighted by Crippen LogP contribution is 2.22. The number of carboxylic acids is 2. The standard InChI is InChI=1S/C15H16N4O2.C2HF3O2/c20-15(21)13-14(17-8-7-16-13)18-11-6-9-19(10-11)12-4-2-1-3-5-12;3-2(4,5)1(6)7/h1-5,7-8,11H,6,9-10H2,(H,17,18)(H,20,21);(H,6,7). The molecule has 1 atom stereocenters. The molecule has 1 aromatic heterocycles. The summed E-state index contributed by atoms with van der Waals surface area (Å²) in [7, 11) is 0. The predicted molar refractivity (Wildman–Crippen MR) is 93.4 cm³/mol. The van der Waals surface area contributed by atoms with Gasteiger partial charge in [-0.15, -0.1) is 0 Å². The molecule has 2 heterocycles. The van der Waals surface area contributed by atoms with Crippen molar-refractivity contribution in [2.45, 2.75) is 18.6 Å². The minimum absolute atomic E-state index is 0.0318. The van der Waals surface area contributed by atoms with Gasteiger partial charge in [-0.3, -0.25) is 0 Å². The zero-order valence-corrected chi connectivity index (χ0v) is 14.4. The molecular weight excluding hydrogens is 381 g/mol. The summed E-state index contributed by atoms with van der Waals surface area (Å²) >= 11 is 0. The molecule has 1 unspecified atom stereocenters. The number of hydrogen-bond donors (Lipinski definition) is 3. The number of nitrogens with one attached hydrogen (secondary N) is 1. The van der Waals surface area contributed by atoms with Crippen LogP contribution < -0.4 is 10.2 Å². The van der Waals surface area contributed by atoms with Gasteiger partial charge in [0.05, 0.1) is 0 Å². The van der Waals surface area contributed by atoms with Crippen molar-refractivity contribution < 1.29 is 33.0 Å². The van der Waals surface area contributed by atoms with Gasteiger partial charge in [0.2, 0.25) is 0 Å². The first kappa shape index (κ1) is 20.9. The SMILES string of the molecule is O=C(O)C(F)(F)F.O=C(O)c1nccnc1NC1CCN(c2ccccc2)C1. The molecule has 1 aliphatic heterocycles. The third kappa shape index (κ3) is 5.83. The van der Waals surface area contributed by atoms with E-state index in [-0.39, 0.29) is 11.7 Å². The van der Waals surface area contributed by atoms with Crippen molar-refractivity contribution in [3.05, 3.63) is 48.4 Å². The molecule has 0 radical (unpaired) electrons. The molecule has 0 amide bonds. The van der Waals surface area contributed by atoms with E-state index in [9.17, 15) is 18.0 Å². The van der Waals surface area contributed by atoms with Crippen molar-refractivity contribution in [1.29, 1.82) is 0 Å². The molecule has 2 aromatic rings. The number of anilines is 2. The zero-order chi connectivity index (χ0) is 20.7. The van der Waals surface area contributed by atoms with E-state index in [1.165, 1.54) is 18.1 Å². The third-order valence-electron chi connectivity index (χ3n) is 3.79. The van der Waals surface area contributed by atoms with E-state index in [0.717, 1.165) is 19.5 Å². The Labute approximate surface area is 157 Å². The Kier molecular flexibility index (Phi) is 6.74. The number of para-hydroxylation sites is 1. The fourth-order valence-electron chi connectivity index (χ4n) is 2.54. The number of rotatable bonds is 4. The van der Waals surface area contributed by atoms with Crippen LogP contribution in [0.1, 0.15) is 16.9 Å². The first-order chi connectivity index (χ1) is 13.2. The van der Waals surface area contributed by atoms with Crippen LogP contribution in [0, 0.1) is 0 Å². The van der Waals surface area contributed by atoms with E-state index in [4.69, 9.17) is 15.0 Å². The number of alkyl halides is 3. The number of aromatic nitrogens is 2. The smallest absolute Gasteiger partial charge is 0.476 e. The van der Waals surface area contributed by atoms with Gasteiger partial charge in [0.25, 0.3) is 0 Å². The number of aromatic carboxylic acids is 1. The van der Waals surface area contributed by atoms with Crippen LogP contribution >= 0.6 is 0 Å². The van der Waals surface area contributed by atoms with Gasteiger partial charge in [0.15, 0.2) is 11.5 Å². The summed E-state index contributed by atoms with van der Waals surface area (Å²) in [5.41, 5.74) is 1.15. The minimum Gasteiger partial charge on any atom is -0.476 e. The molecule has 0 saturated carbocycles. The lowest BCUT2D eigenvalue weighted by atomic mass is 10.2. The number of carbonyl (C=O) groups is 2. The Balaban J connectivity index is 0.000000345. The summed E-state index contributed by atoms with van der Waals surface area (Å²) in [5, 5.41) is 19.4. The molecule has 0 spiro atoms. The van der Waals surface area contributed by atoms with Crippen LogP contribution in [-0.4, -0.2) is 57.4 Å². The first-order valence-corrected chi connectivity index (χ1v) is 8.09. The normalized spacial score (nSPS) is 16.1. The quantitative estimate of drug-likeness (QED) is 0.720. The minimum atomic E-state index is -5.08. The van der Waals surface area contributed by atoms with Crippen molar-refractivity contribution in [2.24, 2.45) is 0 Å². The Morgan fingerprint density at radius 1 is 1.11 bits per heavy atom. The van der Waals surface area contributed by atoms with Crippen molar-refractivity contribution in [3.8, 4) is 0 Å². The molecule has 1 fully saturated rings. The molecule has 0 aliphatic carbocycles. The second kappa shape index (κ2) is 9.02. The fourth-order valence-corrected chi connectivity index (χ4v) is 2.54. The molecule has 11 heteroatoms. The summed E-state index contributed by atoms with van der Waals surface area (Å²) in [6.07, 6.45) is -1.26. The highest BCUT2D eigenvalue weighted by Gasteiger charge is 2.38. The van der Waals surface area contributed by atoms with Crippen LogP contribution in [-0.2, 0) is 4.79 Å². The van der Waals surface area contributed by atoms with E-state index in [0.29, 0.717) is 5.82 Å². The van der Waals surface area contributed by atoms with Gasteiger partial charge in [0.1, 0.15) is 0 Å². The van der Waals surface area contributed by atoms with Gasteiger partial charge in [-0.2, -0.15) is 13.2 Å². The van der Waals surface area contributed by atoms with Crippen molar-refractivity contribution in [1.82, 2.24) is 9.97 Å². The van der Waals surface area contributed by atoms with Crippen molar-refractivity contribution >= 4 is 23.4 Å². The van der Waals surface area contributed by atoms with Crippen LogP contribution in [0.15, 0.2) is 42.7 Å². The van der Waals surface area contributed by atoms with Gasteiger partial charge in [-0.05, 0) is 18.6 Å². The topological polar surface area (TPSA) is 116 Å². The van der Waals surface area contributed by atoms with Crippen LogP contribution in [0.4, 0.5) is 24.7 Å². The number of hydrogen-bond acceptors (Lipinski definition) is 6. The largest absolute Gasteiger partial charge is 0.490 e. The molecule has 1 saturated heterocycles. The average molecular weight is 398 g/mol. The van der Waals surface area contributed by atoms with E-state index < -0.39 is 18.1 Å². The van der Waals surface area contributed by atoms with Crippen LogP contribution in [0.5, 0.6) is 0 Å². The molecule has 1 aliphatic rings. The third-order valence-corrected chi connectivity index (χ3v) is 3.79. The molecule has 150 valence electrons. The lowest BCUT2D eigenvalue weighted by molar-refractivity contribution is -0.192. The highest BCUT2D eigenvalue weighted by atomic mass is 19.4. The monoisotopic (exact) mass is 398 g/mol. The summed E-state index contributed by atoms with van der Waals surface area (Å²) in [4.78, 5) is 30.2. The van der Waals surface area contributed by atoms with E-state index in [1.54, 1.807) is 0 Å². The van der Waals surface area contributed by atoms with Crippen LogP contribution in [0.2, 0.25) is 0 Å². The second-order valence-electron chi connectivity index (χ2n) is 5.77. The van der Waals surface area contributed by atoms with Crippen molar-refractivity contribution in [2.75, 3.05) is 23.3 Å². The number of benzene rings is 1. The summed E-state index contributed by atoms with van der Waals surface area (Å²) in [6.45, 7) is 1.75. The predicted octanol–water partition coefficient (Wildman–Crippen LogP) is 2.50. The van der Waals surface area contributed by atoms with Gasteiger partial charge < -0.3 is 20.4 Å². The van der Waals surface area contributed by atoms with E-state index in [2.05, 4.69) is 32.3 Å². The maximum atomic E-state index is 11.1. The van der Waals surface area contributed by atoms with Crippen LogP contribution in [0.25, 0.3) is 0 Å². The molecule has 28 heavy (non-hydrogen) atoms. The van der Waals surface area contributed by atoms with Gasteiger partial charge in [-0.25, -0.2) is 19.6 Å². The first-order valence-electron chi connectivity index (χ1n) is 8.09. The van der Waals surface area contributed by atoms with E-state index >= 15 is 0 Å². The Morgan fingerprint density at radius 3 is 2.29 bits per heavy atom. The van der Waals surface area contributed by atoms with Crippen LogP contribution in [0.3, 0.4) is 0 Å². The molecule has 3 rings (SSSR count). The Hall–Kier alpha value is -3.37. The summed E-state index contributed by atoms with van der Waals surface area (Å²) in [5.74, 6) is -3.49. The Morgan fingerprint density at radius 2 is 1.71 bits per heavy atom. The molecule has 3 N–H and O–H groups in total. The fraction of sp³-hybridized carbons (Fsp3) is 0.294. The molecule has 0 bridgehead atoms. The highest BCUT2D eigenvalue weighted by molar-refractivity contribution is 5.90. The second-order valence-corrected chi connectivity index (χ2v) is 5.77. The summed E-state index contributed by atoms with van der Waals surface area (Å²) in [6, 6.07) is 10.3. The van der Waals surface area contributed by atoms with Gasteiger partial charge in [0, 0.05) is 37.2 Å². The molecule has 8 nitrogen and oxygen atoms in total. The lowest BCUT2D eigenvalue weighted by Crippen LogP contribution is -2.27. The van der Waals surface area contributed by atoms with E-state index in [1.807, 2.05) is 18.2 Å². The molecule has 1 aromatic carbocycles. The lowest BCUT2D eigenvalue weighted by Gasteiger charge is -2.19. The average Bonchev–Trinajstić information content (AvgIpc) is 3.11. The number of halogens is 3. The van der Waals surface area contributed by atoms with Gasteiger partial charge >= 0.3 is 18.1 Å². The number of aliphatic carboxylic acids is 1. The Bertz CT molecular complexity index is 818. The number of nitrogens with zero attached hydrogens (tertiary/aromatic N) is 3. The number of carboxylic acid groups (broad SMARTS) is 2. The summed E-state index contributed by atoms with van der Waals surface area (Å²) < 4.78 is 31.7. The maximum absolute atomic E-state index is 11.1. The maximum Gasteiger partial charge on any atom is 0.490 e. The van der Waals surface area contributed by atoms with Gasteiger partial charge in [-0.1, -0.05) is 18.2 Å². The molecular formula is C17H17F3N4O4.